The lowest BCUT2D eigenvalue weighted by atomic mass is 10.0. The van der Waals surface area contributed by atoms with E-state index in [1.54, 1.807) is 5.51 Å². The van der Waals surface area contributed by atoms with E-state index < -0.39 is 0 Å². The molecule has 2 heterocycles. The standard InChI is InChI=1S/C12H11BrClN3S/c13-9-10(7-3-1-2-4-7)16-12(17-11(9)14)8-5-18-6-15-8/h5-7H,1-4H2. The van der Waals surface area contributed by atoms with Gasteiger partial charge in [0, 0.05) is 11.3 Å². The van der Waals surface area contributed by atoms with Gasteiger partial charge in [0.2, 0.25) is 0 Å². The summed E-state index contributed by atoms with van der Waals surface area (Å²) in [5.74, 6) is 1.13. The van der Waals surface area contributed by atoms with Gasteiger partial charge >= 0.3 is 0 Å². The van der Waals surface area contributed by atoms with Gasteiger partial charge in [-0.2, -0.15) is 0 Å². The second-order valence-electron chi connectivity index (χ2n) is 4.39. The molecule has 0 unspecified atom stereocenters. The first-order valence-corrected chi connectivity index (χ1v) is 7.98. The molecule has 1 saturated carbocycles. The normalized spacial score (nSPS) is 16.3. The van der Waals surface area contributed by atoms with Crippen molar-refractivity contribution < 1.29 is 0 Å². The topological polar surface area (TPSA) is 38.7 Å². The van der Waals surface area contributed by atoms with Crippen LogP contribution in [0.1, 0.15) is 37.3 Å². The van der Waals surface area contributed by atoms with E-state index in [4.69, 9.17) is 11.6 Å². The summed E-state index contributed by atoms with van der Waals surface area (Å²) in [5, 5.41) is 2.42. The molecule has 18 heavy (non-hydrogen) atoms. The Hall–Kier alpha value is -0.520. The molecule has 0 aliphatic heterocycles. The van der Waals surface area contributed by atoms with Crippen molar-refractivity contribution >= 4 is 38.9 Å². The number of nitrogens with zero attached hydrogens (tertiary/aromatic N) is 3. The molecular weight excluding hydrogens is 334 g/mol. The largest absolute Gasteiger partial charge is 0.241 e. The summed E-state index contributed by atoms with van der Waals surface area (Å²) in [7, 11) is 0. The van der Waals surface area contributed by atoms with Gasteiger partial charge in [0.1, 0.15) is 10.8 Å². The quantitative estimate of drug-likeness (QED) is 0.743. The molecule has 1 aliphatic carbocycles. The Labute approximate surface area is 123 Å². The maximum Gasteiger partial charge on any atom is 0.180 e. The molecule has 0 aromatic carbocycles. The maximum absolute atomic E-state index is 6.19. The second kappa shape index (κ2) is 5.23. The molecule has 2 aromatic heterocycles. The summed E-state index contributed by atoms with van der Waals surface area (Å²) in [6.07, 6.45) is 4.90. The fraction of sp³-hybridized carbons (Fsp3) is 0.417. The minimum atomic E-state index is 0.481. The molecule has 3 nitrogen and oxygen atoms in total. The summed E-state index contributed by atoms with van der Waals surface area (Å²) in [6.45, 7) is 0. The van der Waals surface area contributed by atoms with E-state index in [1.165, 1.54) is 37.0 Å². The van der Waals surface area contributed by atoms with Gasteiger partial charge in [0.25, 0.3) is 0 Å². The fourth-order valence-corrected chi connectivity index (χ4v) is 3.55. The monoisotopic (exact) mass is 343 g/mol. The number of hydrogen-bond acceptors (Lipinski definition) is 4. The lowest BCUT2D eigenvalue weighted by Gasteiger charge is -2.12. The molecule has 0 amide bonds. The number of aromatic nitrogens is 3. The van der Waals surface area contributed by atoms with Gasteiger partial charge in [-0.1, -0.05) is 24.4 Å². The number of rotatable bonds is 2. The van der Waals surface area contributed by atoms with Crippen LogP contribution >= 0.6 is 38.9 Å². The lowest BCUT2D eigenvalue weighted by Crippen LogP contribution is -2.02. The van der Waals surface area contributed by atoms with Crippen LogP contribution in [0.2, 0.25) is 5.15 Å². The van der Waals surface area contributed by atoms with E-state index in [9.17, 15) is 0 Å². The molecule has 0 radical (unpaired) electrons. The molecule has 0 bridgehead atoms. The van der Waals surface area contributed by atoms with Gasteiger partial charge in [0.05, 0.1) is 15.7 Å². The van der Waals surface area contributed by atoms with Crippen molar-refractivity contribution in [1.82, 2.24) is 15.0 Å². The number of hydrogen-bond donors (Lipinski definition) is 0. The van der Waals surface area contributed by atoms with Gasteiger partial charge < -0.3 is 0 Å². The van der Waals surface area contributed by atoms with Crippen molar-refractivity contribution in [2.75, 3.05) is 0 Å². The van der Waals surface area contributed by atoms with Crippen LogP contribution in [0.3, 0.4) is 0 Å². The van der Waals surface area contributed by atoms with Crippen molar-refractivity contribution in [2.24, 2.45) is 0 Å². The Morgan fingerprint density at radius 3 is 2.72 bits per heavy atom. The first-order valence-electron chi connectivity index (χ1n) is 5.87. The highest BCUT2D eigenvalue weighted by atomic mass is 79.9. The van der Waals surface area contributed by atoms with E-state index in [0.717, 1.165) is 15.9 Å². The highest BCUT2D eigenvalue weighted by Crippen LogP contribution is 2.39. The number of halogens is 2. The van der Waals surface area contributed by atoms with Gasteiger partial charge in [0.15, 0.2) is 5.82 Å². The van der Waals surface area contributed by atoms with Crippen LogP contribution in [-0.2, 0) is 0 Å². The van der Waals surface area contributed by atoms with Crippen LogP contribution in [0.4, 0.5) is 0 Å². The smallest absolute Gasteiger partial charge is 0.180 e. The van der Waals surface area contributed by atoms with E-state index in [1.807, 2.05) is 5.38 Å². The number of thiazole rings is 1. The fourth-order valence-electron chi connectivity index (χ4n) is 2.34. The van der Waals surface area contributed by atoms with Gasteiger partial charge in [-0.05, 0) is 28.8 Å². The predicted molar refractivity (Wildman–Crippen MR) is 77.1 cm³/mol. The molecular formula is C12H11BrClN3S. The van der Waals surface area contributed by atoms with Crippen LogP contribution in [0.15, 0.2) is 15.4 Å². The van der Waals surface area contributed by atoms with Gasteiger partial charge in [-0.15, -0.1) is 11.3 Å². The third-order valence-corrected chi connectivity index (χ3v) is 5.11. The van der Waals surface area contributed by atoms with Crippen molar-refractivity contribution in [1.29, 1.82) is 0 Å². The van der Waals surface area contributed by atoms with E-state index in [0.29, 0.717) is 16.9 Å². The van der Waals surface area contributed by atoms with Gasteiger partial charge in [-0.25, -0.2) is 15.0 Å². The molecule has 1 aliphatic rings. The highest BCUT2D eigenvalue weighted by molar-refractivity contribution is 9.10. The van der Waals surface area contributed by atoms with Crippen LogP contribution in [0, 0.1) is 0 Å². The Bertz CT molecular complexity index is 553. The second-order valence-corrected chi connectivity index (χ2v) is 6.26. The van der Waals surface area contributed by atoms with E-state index in [2.05, 4.69) is 30.9 Å². The zero-order valence-corrected chi connectivity index (χ0v) is 12.7. The average Bonchev–Trinajstić information content (AvgIpc) is 3.03. The third kappa shape index (κ3) is 2.31. The Morgan fingerprint density at radius 1 is 1.28 bits per heavy atom. The SMILES string of the molecule is Clc1nc(-c2cscn2)nc(C2CCCC2)c1Br. The first-order chi connectivity index (χ1) is 8.75. The van der Waals surface area contributed by atoms with Crippen molar-refractivity contribution in [3.05, 3.63) is 26.2 Å². The molecule has 0 saturated heterocycles. The molecule has 94 valence electrons. The van der Waals surface area contributed by atoms with E-state index >= 15 is 0 Å². The minimum absolute atomic E-state index is 0.481. The van der Waals surface area contributed by atoms with Crippen LogP contribution in [0.25, 0.3) is 11.5 Å². The summed E-state index contributed by atoms with van der Waals surface area (Å²) in [5.41, 5.74) is 3.62. The van der Waals surface area contributed by atoms with E-state index in [-0.39, 0.29) is 0 Å². The zero-order valence-electron chi connectivity index (χ0n) is 9.57. The molecule has 1 fully saturated rings. The third-order valence-electron chi connectivity index (χ3n) is 3.24. The Morgan fingerprint density at radius 2 is 2.06 bits per heavy atom. The maximum atomic E-state index is 6.19. The van der Waals surface area contributed by atoms with Crippen molar-refractivity contribution in [3.8, 4) is 11.5 Å². The van der Waals surface area contributed by atoms with Gasteiger partial charge in [-0.3, -0.25) is 0 Å². The molecule has 0 spiro atoms. The predicted octanol–water partition coefficient (Wildman–Crippen LogP) is 4.67. The van der Waals surface area contributed by atoms with Crippen molar-refractivity contribution in [3.63, 3.8) is 0 Å². The van der Waals surface area contributed by atoms with Crippen molar-refractivity contribution in [2.45, 2.75) is 31.6 Å². The Kier molecular flexibility index (Phi) is 3.63. The highest BCUT2D eigenvalue weighted by Gasteiger charge is 2.24. The summed E-state index contributed by atoms with van der Waals surface area (Å²) in [6, 6.07) is 0. The zero-order chi connectivity index (χ0) is 12.5. The molecule has 0 N–H and O–H groups in total. The van der Waals surface area contributed by atoms with Crippen LogP contribution in [0.5, 0.6) is 0 Å². The first kappa shape index (κ1) is 12.5. The molecule has 2 aromatic rings. The minimum Gasteiger partial charge on any atom is -0.241 e. The summed E-state index contributed by atoms with van der Waals surface area (Å²) in [4.78, 5) is 13.2. The van der Waals surface area contributed by atoms with Crippen LogP contribution in [-0.4, -0.2) is 15.0 Å². The average molecular weight is 345 g/mol. The summed E-state index contributed by atoms with van der Waals surface area (Å²) >= 11 is 11.2. The molecule has 3 rings (SSSR count). The Balaban J connectivity index is 2.07. The lowest BCUT2D eigenvalue weighted by molar-refractivity contribution is 0.690. The molecule has 6 heteroatoms. The van der Waals surface area contributed by atoms with Crippen LogP contribution < -0.4 is 0 Å². The summed E-state index contributed by atoms with van der Waals surface area (Å²) < 4.78 is 0.843. The molecule has 0 atom stereocenters.